The van der Waals surface area contributed by atoms with Gasteiger partial charge in [0.2, 0.25) is 0 Å². The first-order valence-electron chi connectivity index (χ1n) is 14.5. The van der Waals surface area contributed by atoms with E-state index in [4.69, 9.17) is 9.41 Å². The Labute approximate surface area is 250 Å². The Bertz CT molecular complexity index is 1770. The smallest absolute Gasteiger partial charge is 0.255 e. The lowest BCUT2D eigenvalue weighted by molar-refractivity contribution is 0.0947. The van der Waals surface area contributed by atoms with Gasteiger partial charge in [-0.2, -0.15) is 0 Å². The van der Waals surface area contributed by atoms with Crippen molar-refractivity contribution in [2.45, 2.75) is 60.0 Å². The van der Waals surface area contributed by atoms with Crippen LogP contribution >= 0.6 is 11.3 Å². The van der Waals surface area contributed by atoms with E-state index in [1.165, 1.54) is 10.9 Å². The van der Waals surface area contributed by atoms with E-state index in [0.29, 0.717) is 35.9 Å². The van der Waals surface area contributed by atoms with Gasteiger partial charge in [-0.15, -0.1) is 11.3 Å². The fraction of sp³-hybridized carbons (Fsp3) is 0.314. The van der Waals surface area contributed by atoms with E-state index in [0.717, 1.165) is 52.0 Å². The lowest BCUT2D eigenvalue weighted by atomic mass is 9.72. The van der Waals surface area contributed by atoms with Crippen molar-refractivity contribution in [2.75, 3.05) is 0 Å². The van der Waals surface area contributed by atoms with Crippen molar-refractivity contribution in [3.63, 3.8) is 0 Å². The first kappa shape index (κ1) is 28.2. The van der Waals surface area contributed by atoms with E-state index in [2.05, 4.69) is 42.8 Å². The Balaban J connectivity index is 1.39. The predicted octanol–water partition coefficient (Wildman–Crippen LogP) is 8.62. The SMILES string of the molecule is Cc1c(C=Nc2sc3c(c2C(=O)NCc2ccco2)CC[C@H](C(C)(C)C)C3)c2ccccc2n1Cc1ccccc1F. The van der Waals surface area contributed by atoms with Gasteiger partial charge in [-0.05, 0) is 67.3 Å². The number of para-hydroxylation sites is 1. The summed E-state index contributed by atoms with van der Waals surface area (Å²) in [5.41, 5.74) is 5.64. The quantitative estimate of drug-likeness (QED) is 0.196. The van der Waals surface area contributed by atoms with Crippen LogP contribution in [0.25, 0.3) is 10.9 Å². The number of rotatable bonds is 7. The van der Waals surface area contributed by atoms with Gasteiger partial charge in [0.05, 0.1) is 24.9 Å². The Hall–Kier alpha value is -3.97. The minimum Gasteiger partial charge on any atom is -0.467 e. The van der Waals surface area contributed by atoms with Crippen LogP contribution < -0.4 is 5.32 Å². The number of halogens is 1. The molecule has 216 valence electrons. The second kappa shape index (κ2) is 11.4. The number of carbonyl (C=O) groups excluding carboxylic acids is 1. The Kier molecular flexibility index (Phi) is 7.62. The van der Waals surface area contributed by atoms with Crippen molar-refractivity contribution >= 4 is 39.4 Å². The van der Waals surface area contributed by atoms with Gasteiger partial charge in [0.15, 0.2) is 0 Å². The van der Waals surface area contributed by atoms with Gasteiger partial charge in [-0.3, -0.25) is 4.79 Å². The highest BCUT2D eigenvalue weighted by Crippen LogP contribution is 2.45. The van der Waals surface area contributed by atoms with Crippen LogP contribution in [0.3, 0.4) is 0 Å². The molecule has 0 saturated heterocycles. The topological polar surface area (TPSA) is 59.5 Å². The van der Waals surface area contributed by atoms with E-state index < -0.39 is 0 Å². The van der Waals surface area contributed by atoms with Gasteiger partial charge in [-0.1, -0.05) is 57.2 Å². The molecule has 0 spiro atoms. The molecule has 0 radical (unpaired) electrons. The minimum atomic E-state index is -0.215. The summed E-state index contributed by atoms with van der Waals surface area (Å²) in [5, 5.41) is 4.84. The number of hydrogen-bond acceptors (Lipinski definition) is 4. The molecule has 0 bridgehead atoms. The molecular weight excluding hydrogens is 545 g/mol. The largest absolute Gasteiger partial charge is 0.467 e. The van der Waals surface area contributed by atoms with Crippen LogP contribution in [0.5, 0.6) is 0 Å². The summed E-state index contributed by atoms with van der Waals surface area (Å²) in [6, 6.07) is 18.7. The third-order valence-electron chi connectivity index (χ3n) is 8.58. The van der Waals surface area contributed by atoms with E-state index in [1.54, 1.807) is 23.7 Å². The molecule has 1 aliphatic rings. The number of nitrogens with zero attached hydrogens (tertiary/aromatic N) is 2. The van der Waals surface area contributed by atoms with Gasteiger partial charge in [0, 0.05) is 38.8 Å². The van der Waals surface area contributed by atoms with Crippen molar-refractivity contribution < 1.29 is 13.6 Å². The second-order valence-corrected chi connectivity index (χ2v) is 13.3. The summed E-state index contributed by atoms with van der Waals surface area (Å²) >= 11 is 1.64. The zero-order valence-corrected chi connectivity index (χ0v) is 25.4. The number of benzene rings is 2. The van der Waals surface area contributed by atoms with Crippen molar-refractivity contribution in [1.29, 1.82) is 0 Å². The second-order valence-electron chi connectivity index (χ2n) is 12.2. The summed E-state index contributed by atoms with van der Waals surface area (Å²) in [4.78, 5) is 19.9. The molecule has 5 aromatic rings. The zero-order valence-electron chi connectivity index (χ0n) is 24.5. The molecule has 1 aliphatic carbocycles. The average Bonchev–Trinajstić information content (AvgIpc) is 3.68. The lowest BCUT2D eigenvalue weighted by Crippen LogP contribution is -2.28. The molecular formula is C35H36FN3O2S. The Morgan fingerprint density at radius 3 is 2.69 bits per heavy atom. The van der Waals surface area contributed by atoms with Crippen LogP contribution in [0.2, 0.25) is 0 Å². The van der Waals surface area contributed by atoms with E-state index in [1.807, 2.05) is 49.5 Å². The Morgan fingerprint density at radius 1 is 1.14 bits per heavy atom. The normalized spacial score (nSPS) is 15.4. The molecule has 0 aliphatic heterocycles. The third-order valence-corrected chi connectivity index (χ3v) is 9.74. The number of fused-ring (bicyclic) bond motifs is 2. The van der Waals surface area contributed by atoms with Gasteiger partial charge in [0.25, 0.3) is 5.91 Å². The molecule has 1 atom stereocenters. The summed E-state index contributed by atoms with van der Waals surface area (Å²) in [5.74, 6) is 0.929. The molecule has 1 amide bonds. The molecule has 0 fully saturated rings. The number of aliphatic imine (C=N–C) groups is 1. The molecule has 3 heterocycles. The summed E-state index contributed by atoms with van der Waals surface area (Å²) < 4.78 is 22.2. The van der Waals surface area contributed by atoms with Crippen LogP contribution in [0.15, 0.2) is 76.3 Å². The standard InChI is InChI=1S/C35H36FN3O2S/c1-22-28(26-12-6-8-14-30(26)39(22)21-23-10-5-7-13-29(23)36)20-38-34-32(33(40)37-19-25-11-9-17-41-25)27-16-15-24(35(2,3)4)18-31(27)42-34/h5-14,17,20,24H,15-16,18-19,21H2,1-4H3,(H,37,40)/t24-/m0/s1. The van der Waals surface area contributed by atoms with Crippen molar-refractivity contribution in [3.05, 3.63) is 111 Å². The number of nitrogens with one attached hydrogen (secondary N) is 1. The number of thiophene rings is 1. The number of furan rings is 1. The first-order chi connectivity index (χ1) is 20.2. The maximum absolute atomic E-state index is 14.6. The van der Waals surface area contributed by atoms with E-state index >= 15 is 0 Å². The van der Waals surface area contributed by atoms with Crippen molar-refractivity contribution in [3.8, 4) is 0 Å². The van der Waals surface area contributed by atoms with Crippen LogP contribution in [-0.2, 0) is 25.9 Å². The summed E-state index contributed by atoms with van der Waals surface area (Å²) in [6.45, 7) is 9.69. The maximum Gasteiger partial charge on any atom is 0.255 e. The van der Waals surface area contributed by atoms with Gasteiger partial charge >= 0.3 is 0 Å². The number of aromatic nitrogens is 1. The van der Waals surface area contributed by atoms with Gasteiger partial charge in [-0.25, -0.2) is 9.38 Å². The first-order valence-corrected chi connectivity index (χ1v) is 15.3. The molecule has 3 aromatic heterocycles. The lowest BCUT2D eigenvalue weighted by Gasteiger charge is -2.33. The molecule has 6 rings (SSSR count). The van der Waals surface area contributed by atoms with Gasteiger partial charge in [0.1, 0.15) is 16.6 Å². The van der Waals surface area contributed by atoms with E-state index in [-0.39, 0.29) is 17.1 Å². The molecule has 0 saturated carbocycles. The average molecular weight is 582 g/mol. The molecule has 2 aromatic carbocycles. The third kappa shape index (κ3) is 5.45. The van der Waals surface area contributed by atoms with Crippen molar-refractivity contribution in [2.24, 2.45) is 16.3 Å². The predicted molar refractivity (Wildman–Crippen MR) is 169 cm³/mol. The monoisotopic (exact) mass is 581 g/mol. The minimum absolute atomic E-state index is 0.121. The number of hydrogen-bond donors (Lipinski definition) is 1. The number of carbonyl (C=O) groups is 1. The number of amides is 1. The zero-order chi connectivity index (χ0) is 29.4. The highest BCUT2D eigenvalue weighted by molar-refractivity contribution is 7.16. The van der Waals surface area contributed by atoms with Crippen LogP contribution in [0.4, 0.5) is 9.39 Å². The molecule has 7 heteroatoms. The van der Waals surface area contributed by atoms with Crippen LogP contribution in [-0.4, -0.2) is 16.7 Å². The van der Waals surface area contributed by atoms with Crippen LogP contribution in [0, 0.1) is 24.1 Å². The fourth-order valence-electron chi connectivity index (χ4n) is 6.05. The molecule has 42 heavy (non-hydrogen) atoms. The molecule has 0 unspecified atom stereocenters. The highest BCUT2D eigenvalue weighted by Gasteiger charge is 2.33. The summed E-state index contributed by atoms with van der Waals surface area (Å²) in [7, 11) is 0. The van der Waals surface area contributed by atoms with Gasteiger partial charge < -0.3 is 14.3 Å². The Morgan fingerprint density at radius 2 is 1.93 bits per heavy atom. The van der Waals surface area contributed by atoms with E-state index in [9.17, 15) is 9.18 Å². The maximum atomic E-state index is 14.6. The molecule has 5 nitrogen and oxygen atoms in total. The highest BCUT2D eigenvalue weighted by atomic mass is 32.1. The van der Waals surface area contributed by atoms with Crippen molar-refractivity contribution in [1.82, 2.24) is 9.88 Å². The van der Waals surface area contributed by atoms with Crippen LogP contribution in [0.1, 0.15) is 70.6 Å². The fourth-order valence-corrected chi connectivity index (χ4v) is 7.32. The summed E-state index contributed by atoms with van der Waals surface area (Å²) in [6.07, 6.45) is 6.38. The molecule has 1 N–H and O–H groups in total.